The van der Waals surface area contributed by atoms with Gasteiger partial charge in [-0.15, -0.1) is 11.3 Å². The number of benzene rings is 1. The molecule has 1 aromatic carbocycles. The van der Waals surface area contributed by atoms with Crippen LogP contribution in [0.1, 0.15) is 27.2 Å². The van der Waals surface area contributed by atoms with Crippen molar-refractivity contribution in [3.63, 3.8) is 0 Å². The number of aryl methyl sites for hydroxylation is 1. The molecule has 20 heavy (non-hydrogen) atoms. The van der Waals surface area contributed by atoms with Gasteiger partial charge in [0.1, 0.15) is 4.88 Å². The minimum absolute atomic E-state index is 0.0966. The number of rotatable bonds is 5. The lowest BCUT2D eigenvalue weighted by Crippen LogP contribution is -2.17. The third-order valence-electron chi connectivity index (χ3n) is 2.71. The topological polar surface area (TPSA) is 85.1 Å². The maximum Gasteiger partial charge on any atom is 0.267 e. The molecule has 0 unspecified atom stereocenters. The second kappa shape index (κ2) is 6.29. The maximum atomic E-state index is 12.1. The number of carbonyl (C=O) groups is 2. The van der Waals surface area contributed by atoms with Gasteiger partial charge in [0, 0.05) is 5.69 Å². The molecule has 3 N–H and O–H groups in total. The molecule has 1 aromatic heterocycles. The average Bonchev–Trinajstić information content (AvgIpc) is 2.89. The van der Waals surface area contributed by atoms with Gasteiger partial charge in [0.15, 0.2) is 0 Å². The van der Waals surface area contributed by atoms with E-state index in [1.54, 1.807) is 30.5 Å². The number of hydrogen-bond acceptors (Lipinski definition) is 4. The Bertz CT molecular complexity index is 637. The normalized spacial score (nSPS) is 10.2. The van der Waals surface area contributed by atoms with Gasteiger partial charge < -0.3 is 11.1 Å². The Balaban J connectivity index is 2.17. The molecular weight excluding hydrogens is 274 g/mol. The van der Waals surface area contributed by atoms with Crippen LogP contribution in [0.25, 0.3) is 0 Å². The summed E-state index contributed by atoms with van der Waals surface area (Å²) in [6, 6.07) is 7.11. The minimum atomic E-state index is -0.433. The molecule has 0 spiro atoms. The van der Waals surface area contributed by atoms with Crippen LogP contribution in [0.4, 0.5) is 5.69 Å². The first-order chi connectivity index (χ1) is 9.60. The Hall–Kier alpha value is -2.21. The van der Waals surface area contributed by atoms with E-state index >= 15 is 0 Å². The number of thiazole rings is 1. The fraction of sp³-hybridized carbons (Fsp3) is 0.214. The molecule has 0 fully saturated rings. The van der Waals surface area contributed by atoms with Gasteiger partial charge in [0.2, 0.25) is 5.91 Å². The Morgan fingerprint density at radius 1 is 1.35 bits per heavy atom. The maximum absolute atomic E-state index is 12.1. The van der Waals surface area contributed by atoms with Crippen molar-refractivity contribution in [2.24, 2.45) is 5.73 Å². The number of amides is 2. The van der Waals surface area contributed by atoms with Crippen molar-refractivity contribution in [3.8, 4) is 0 Å². The molecule has 0 aliphatic heterocycles. The van der Waals surface area contributed by atoms with Crippen LogP contribution in [0.15, 0.2) is 30.5 Å². The molecule has 1 heterocycles. The second-order valence-corrected chi connectivity index (χ2v) is 5.34. The summed E-state index contributed by atoms with van der Waals surface area (Å²) in [5.41, 5.74) is 6.50. The smallest absolute Gasteiger partial charge is 0.267 e. The summed E-state index contributed by atoms with van der Waals surface area (Å²) in [4.78, 5) is 27.8. The highest BCUT2D eigenvalue weighted by atomic mass is 32.1. The Labute approximate surface area is 120 Å². The van der Waals surface area contributed by atoms with Crippen molar-refractivity contribution in [2.75, 3.05) is 5.32 Å². The number of carbonyl (C=O) groups excluding carboxylic acids is 2. The Morgan fingerprint density at radius 3 is 2.75 bits per heavy atom. The zero-order chi connectivity index (χ0) is 14.5. The van der Waals surface area contributed by atoms with Crippen LogP contribution in [0.3, 0.4) is 0 Å². The first-order valence-electron chi connectivity index (χ1n) is 6.22. The molecule has 6 heteroatoms. The summed E-state index contributed by atoms with van der Waals surface area (Å²) in [6.07, 6.45) is 2.46. The minimum Gasteiger partial charge on any atom is -0.369 e. The molecule has 0 aliphatic rings. The molecule has 2 aromatic rings. The van der Waals surface area contributed by atoms with Crippen LogP contribution in [-0.2, 0) is 17.6 Å². The van der Waals surface area contributed by atoms with E-state index in [1.165, 1.54) is 11.3 Å². The van der Waals surface area contributed by atoms with Crippen LogP contribution in [0.2, 0.25) is 0 Å². The van der Waals surface area contributed by atoms with Gasteiger partial charge in [0.25, 0.3) is 5.91 Å². The largest absolute Gasteiger partial charge is 0.369 e. The predicted molar refractivity (Wildman–Crippen MR) is 78.8 cm³/mol. The average molecular weight is 289 g/mol. The highest BCUT2D eigenvalue weighted by Gasteiger charge is 2.12. The molecule has 0 bridgehead atoms. The lowest BCUT2D eigenvalue weighted by molar-refractivity contribution is -0.117. The van der Waals surface area contributed by atoms with E-state index in [2.05, 4.69) is 10.3 Å². The lowest BCUT2D eigenvalue weighted by atomic mass is 10.1. The van der Waals surface area contributed by atoms with E-state index in [1.807, 2.05) is 6.92 Å². The van der Waals surface area contributed by atoms with Gasteiger partial charge in [-0.1, -0.05) is 25.1 Å². The van der Waals surface area contributed by atoms with Gasteiger partial charge in [-0.2, -0.15) is 0 Å². The van der Waals surface area contributed by atoms with Crippen molar-refractivity contribution >= 4 is 28.8 Å². The van der Waals surface area contributed by atoms with E-state index in [9.17, 15) is 9.59 Å². The van der Waals surface area contributed by atoms with Crippen LogP contribution in [-0.4, -0.2) is 16.8 Å². The fourth-order valence-corrected chi connectivity index (χ4v) is 2.50. The van der Waals surface area contributed by atoms with Crippen molar-refractivity contribution < 1.29 is 9.59 Å². The number of aromatic nitrogens is 1. The molecule has 0 saturated carbocycles. The fourth-order valence-electron chi connectivity index (χ4n) is 1.75. The number of nitrogens with zero attached hydrogens (tertiary/aromatic N) is 1. The van der Waals surface area contributed by atoms with E-state index < -0.39 is 5.91 Å². The zero-order valence-corrected chi connectivity index (χ0v) is 11.9. The predicted octanol–water partition coefficient (Wildman–Crippen LogP) is 1.99. The van der Waals surface area contributed by atoms with E-state index in [0.29, 0.717) is 16.1 Å². The SMILES string of the molecule is CCc1ncc(C(=O)Nc2ccccc2CC(N)=O)s1. The molecule has 2 rings (SSSR count). The van der Waals surface area contributed by atoms with Crippen molar-refractivity contribution in [1.29, 1.82) is 0 Å². The number of nitrogens with two attached hydrogens (primary N) is 1. The summed E-state index contributed by atoms with van der Waals surface area (Å²) in [6.45, 7) is 1.99. The third-order valence-corrected chi connectivity index (χ3v) is 3.85. The van der Waals surface area contributed by atoms with Crippen molar-refractivity contribution in [1.82, 2.24) is 4.98 Å². The van der Waals surface area contributed by atoms with Crippen LogP contribution >= 0.6 is 11.3 Å². The first-order valence-corrected chi connectivity index (χ1v) is 7.04. The monoisotopic (exact) mass is 289 g/mol. The molecule has 104 valence electrons. The molecule has 0 radical (unpaired) electrons. The van der Waals surface area contributed by atoms with Gasteiger partial charge in [0.05, 0.1) is 17.6 Å². The summed E-state index contributed by atoms with van der Waals surface area (Å²) < 4.78 is 0. The van der Waals surface area contributed by atoms with Gasteiger partial charge in [-0.3, -0.25) is 9.59 Å². The summed E-state index contributed by atoms with van der Waals surface area (Å²) >= 11 is 1.37. The number of primary amides is 1. The number of nitrogens with one attached hydrogen (secondary N) is 1. The van der Waals surface area contributed by atoms with E-state index in [-0.39, 0.29) is 12.3 Å². The Kier molecular flexibility index (Phi) is 4.47. The quantitative estimate of drug-likeness (QED) is 0.882. The van der Waals surface area contributed by atoms with Gasteiger partial charge >= 0.3 is 0 Å². The summed E-state index contributed by atoms with van der Waals surface area (Å²) in [7, 11) is 0. The second-order valence-electron chi connectivity index (χ2n) is 4.23. The molecule has 5 nitrogen and oxygen atoms in total. The standard InChI is InChI=1S/C14H15N3O2S/c1-2-13-16-8-11(20-13)14(19)17-10-6-4-3-5-9(10)7-12(15)18/h3-6,8H,2,7H2,1H3,(H2,15,18)(H,17,19). The summed E-state index contributed by atoms with van der Waals surface area (Å²) in [5, 5.41) is 3.71. The van der Waals surface area contributed by atoms with Crippen LogP contribution in [0.5, 0.6) is 0 Å². The van der Waals surface area contributed by atoms with Gasteiger partial charge in [-0.25, -0.2) is 4.98 Å². The zero-order valence-electron chi connectivity index (χ0n) is 11.1. The van der Waals surface area contributed by atoms with Gasteiger partial charge in [-0.05, 0) is 18.1 Å². The molecule has 2 amide bonds. The third kappa shape index (κ3) is 3.42. The number of para-hydroxylation sites is 1. The van der Waals surface area contributed by atoms with Crippen molar-refractivity contribution in [2.45, 2.75) is 19.8 Å². The molecule has 0 atom stereocenters. The highest BCUT2D eigenvalue weighted by molar-refractivity contribution is 7.13. The van der Waals surface area contributed by atoms with E-state index in [0.717, 1.165) is 11.4 Å². The molecule has 0 saturated heterocycles. The highest BCUT2D eigenvalue weighted by Crippen LogP contribution is 2.19. The van der Waals surface area contributed by atoms with E-state index in [4.69, 9.17) is 5.73 Å². The van der Waals surface area contributed by atoms with Crippen molar-refractivity contribution in [3.05, 3.63) is 45.9 Å². The van der Waals surface area contributed by atoms with Crippen LogP contribution < -0.4 is 11.1 Å². The first kappa shape index (κ1) is 14.2. The summed E-state index contributed by atoms with van der Waals surface area (Å²) in [5.74, 6) is -0.656. The number of hydrogen-bond donors (Lipinski definition) is 2. The van der Waals surface area contributed by atoms with Crippen LogP contribution in [0, 0.1) is 0 Å². The Morgan fingerprint density at radius 2 is 2.10 bits per heavy atom. The molecule has 0 aliphatic carbocycles. The molecular formula is C14H15N3O2S. The lowest BCUT2D eigenvalue weighted by Gasteiger charge is -2.08. The number of anilines is 1.